The summed E-state index contributed by atoms with van der Waals surface area (Å²) >= 11 is 3.09. The van der Waals surface area contributed by atoms with Crippen LogP contribution in [0, 0.1) is 12.7 Å². The van der Waals surface area contributed by atoms with Gasteiger partial charge < -0.3 is 0 Å². The molecule has 0 amide bonds. The van der Waals surface area contributed by atoms with Crippen molar-refractivity contribution in [2.24, 2.45) is 0 Å². The van der Waals surface area contributed by atoms with Gasteiger partial charge in [-0.15, -0.1) is 0 Å². The lowest BCUT2D eigenvalue weighted by atomic mass is 10.1. The Morgan fingerprint density at radius 1 is 1.04 bits per heavy atom. The predicted molar refractivity (Wildman–Crippen MR) is 80.8 cm³/mol. The molecule has 0 atom stereocenters. The van der Waals surface area contributed by atoms with E-state index < -0.39 is 23.6 Å². The van der Waals surface area contributed by atoms with E-state index in [1.807, 2.05) is 0 Å². The van der Waals surface area contributed by atoms with E-state index in [-0.39, 0.29) is 27.1 Å². The molecule has 0 aliphatic heterocycles. The van der Waals surface area contributed by atoms with Crippen LogP contribution in [0.2, 0.25) is 0 Å². The smallest absolute Gasteiger partial charge is 0.227 e. The number of alkyl halides is 5. The second-order valence-electron chi connectivity index (χ2n) is 5.24. The standard InChI is InChI=1S/C15H8BrF6N3/c1-7-12(16)13-23-10(8-2-4-9(17)5-3-8)6-11(25(13)24-7)14(18,19)15(20,21)22/h2-6H,1H3. The lowest BCUT2D eigenvalue weighted by Gasteiger charge is -2.21. The van der Waals surface area contributed by atoms with Crippen LogP contribution < -0.4 is 0 Å². The number of nitrogens with zero attached hydrogens (tertiary/aromatic N) is 3. The maximum atomic E-state index is 14.0. The van der Waals surface area contributed by atoms with Gasteiger partial charge in [0, 0.05) is 5.56 Å². The zero-order chi connectivity index (χ0) is 18.6. The fourth-order valence-corrected chi connectivity index (χ4v) is 2.57. The highest BCUT2D eigenvalue weighted by Gasteiger charge is 2.60. The fraction of sp³-hybridized carbons (Fsp3) is 0.200. The Balaban J connectivity index is 2.35. The van der Waals surface area contributed by atoms with Crippen LogP contribution in [0.3, 0.4) is 0 Å². The van der Waals surface area contributed by atoms with Gasteiger partial charge in [-0.2, -0.15) is 27.1 Å². The van der Waals surface area contributed by atoms with E-state index >= 15 is 0 Å². The molecule has 3 rings (SSSR count). The third kappa shape index (κ3) is 2.88. The molecule has 0 fully saturated rings. The van der Waals surface area contributed by atoms with Crippen molar-refractivity contribution < 1.29 is 26.3 Å². The first-order valence-corrected chi connectivity index (χ1v) is 7.58. The van der Waals surface area contributed by atoms with Crippen molar-refractivity contribution in [1.82, 2.24) is 14.6 Å². The molecular formula is C15H8BrF6N3. The number of hydrogen-bond donors (Lipinski definition) is 0. The molecule has 0 aliphatic rings. The predicted octanol–water partition coefficient (Wildman–Crippen LogP) is 5.26. The Morgan fingerprint density at radius 2 is 1.64 bits per heavy atom. The average molecular weight is 424 g/mol. The highest BCUT2D eigenvalue weighted by molar-refractivity contribution is 9.10. The van der Waals surface area contributed by atoms with E-state index in [4.69, 9.17) is 0 Å². The number of aromatic nitrogens is 3. The maximum absolute atomic E-state index is 14.0. The third-order valence-electron chi connectivity index (χ3n) is 3.51. The first-order valence-electron chi connectivity index (χ1n) is 6.79. The average Bonchev–Trinajstić information content (AvgIpc) is 2.81. The van der Waals surface area contributed by atoms with Gasteiger partial charge in [-0.05, 0) is 53.2 Å². The van der Waals surface area contributed by atoms with E-state index in [1.54, 1.807) is 0 Å². The van der Waals surface area contributed by atoms with Crippen LogP contribution >= 0.6 is 15.9 Å². The normalized spacial score (nSPS) is 12.8. The van der Waals surface area contributed by atoms with Crippen LogP contribution in [0.4, 0.5) is 26.3 Å². The molecule has 3 nitrogen and oxygen atoms in total. The summed E-state index contributed by atoms with van der Waals surface area (Å²) in [4.78, 5) is 4.08. The van der Waals surface area contributed by atoms with Gasteiger partial charge in [-0.3, -0.25) is 0 Å². The zero-order valence-corrected chi connectivity index (χ0v) is 14.0. The molecule has 0 aliphatic carbocycles. The minimum absolute atomic E-state index is 0.160. The Bertz CT molecular complexity index is 947. The van der Waals surface area contributed by atoms with Crippen molar-refractivity contribution in [3.63, 3.8) is 0 Å². The van der Waals surface area contributed by atoms with Crippen LogP contribution in [0.1, 0.15) is 11.4 Å². The van der Waals surface area contributed by atoms with Crippen molar-refractivity contribution in [2.75, 3.05) is 0 Å². The van der Waals surface area contributed by atoms with Gasteiger partial charge in [0.1, 0.15) is 11.5 Å². The van der Waals surface area contributed by atoms with Crippen LogP contribution in [0.5, 0.6) is 0 Å². The SMILES string of the molecule is Cc1nn2c(C(F)(F)C(F)(F)F)cc(-c3ccc(F)cc3)nc2c1Br. The molecule has 2 heterocycles. The summed E-state index contributed by atoms with van der Waals surface area (Å²) in [6, 6.07) is 5.19. The fourth-order valence-electron chi connectivity index (χ4n) is 2.23. The molecular weight excluding hydrogens is 416 g/mol. The minimum atomic E-state index is -5.81. The van der Waals surface area contributed by atoms with Crippen molar-refractivity contribution in [2.45, 2.75) is 19.0 Å². The van der Waals surface area contributed by atoms with Crippen LogP contribution in [0.15, 0.2) is 34.8 Å². The molecule has 132 valence electrons. The summed E-state index contributed by atoms with van der Waals surface area (Å²) in [6.45, 7) is 1.44. The monoisotopic (exact) mass is 423 g/mol. The number of rotatable bonds is 2. The molecule has 0 saturated heterocycles. The van der Waals surface area contributed by atoms with Crippen molar-refractivity contribution in [1.29, 1.82) is 0 Å². The van der Waals surface area contributed by atoms with Crippen LogP contribution in [-0.2, 0) is 5.92 Å². The Labute approximate surface area is 145 Å². The van der Waals surface area contributed by atoms with E-state index in [1.165, 1.54) is 19.1 Å². The Kier molecular flexibility index (Phi) is 4.05. The third-order valence-corrected chi connectivity index (χ3v) is 4.44. The van der Waals surface area contributed by atoms with Crippen molar-refractivity contribution >= 4 is 21.6 Å². The Hall–Kier alpha value is -2.10. The summed E-state index contributed by atoms with van der Waals surface area (Å²) in [5, 5.41) is 3.71. The molecule has 0 unspecified atom stereocenters. The summed E-state index contributed by atoms with van der Waals surface area (Å²) in [5.41, 5.74) is -1.35. The van der Waals surface area contributed by atoms with Gasteiger partial charge in [0.15, 0.2) is 5.65 Å². The first kappa shape index (κ1) is 17.7. The molecule has 25 heavy (non-hydrogen) atoms. The number of halogens is 7. The number of fused-ring (bicyclic) bond motifs is 1. The number of benzene rings is 1. The molecule has 0 saturated carbocycles. The molecule has 0 spiro atoms. The summed E-state index contributed by atoms with van der Waals surface area (Å²) in [7, 11) is 0. The van der Waals surface area contributed by atoms with Gasteiger partial charge in [0.2, 0.25) is 0 Å². The molecule has 10 heteroatoms. The molecule has 0 N–H and O–H groups in total. The van der Waals surface area contributed by atoms with Gasteiger partial charge >= 0.3 is 12.1 Å². The highest BCUT2D eigenvalue weighted by Crippen LogP contribution is 2.45. The van der Waals surface area contributed by atoms with E-state index in [9.17, 15) is 26.3 Å². The summed E-state index contributed by atoms with van der Waals surface area (Å²) in [5.74, 6) is -5.73. The number of hydrogen-bond acceptors (Lipinski definition) is 2. The van der Waals surface area contributed by atoms with E-state index in [2.05, 4.69) is 26.0 Å². The van der Waals surface area contributed by atoms with Gasteiger partial charge in [0.05, 0.1) is 15.9 Å². The second kappa shape index (κ2) is 5.72. The maximum Gasteiger partial charge on any atom is 0.459 e. The van der Waals surface area contributed by atoms with Crippen LogP contribution in [-0.4, -0.2) is 20.8 Å². The first-order chi connectivity index (χ1) is 11.5. The molecule has 3 aromatic rings. The number of aryl methyl sites for hydroxylation is 1. The molecule has 0 bridgehead atoms. The lowest BCUT2D eigenvalue weighted by Crippen LogP contribution is -2.35. The van der Waals surface area contributed by atoms with E-state index in [0.717, 1.165) is 12.1 Å². The molecule has 2 aromatic heterocycles. The lowest BCUT2D eigenvalue weighted by molar-refractivity contribution is -0.291. The van der Waals surface area contributed by atoms with Crippen LogP contribution in [0.25, 0.3) is 16.9 Å². The van der Waals surface area contributed by atoms with Crippen molar-refractivity contribution in [3.8, 4) is 11.3 Å². The van der Waals surface area contributed by atoms with E-state index in [0.29, 0.717) is 10.6 Å². The van der Waals surface area contributed by atoms with Crippen molar-refractivity contribution in [3.05, 3.63) is 52.0 Å². The summed E-state index contributed by atoms with van der Waals surface area (Å²) < 4.78 is 80.3. The summed E-state index contributed by atoms with van der Waals surface area (Å²) in [6.07, 6.45) is -5.81. The quantitative estimate of drug-likeness (QED) is 0.526. The van der Waals surface area contributed by atoms with Gasteiger partial charge in [-0.1, -0.05) is 0 Å². The second-order valence-corrected chi connectivity index (χ2v) is 6.03. The molecule has 1 aromatic carbocycles. The Morgan fingerprint density at radius 3 is 2.20 bits per heavy atom. The van der Waals surface area contributed by atoms with Gasteiger partial charge in [-0.25, -0.2) is 13.9 Å². The molecule has 0 radical (unpaired) electrons. The van der Waals surface area contributed by atoms with Gasteiger partial charge in [0.25, 0.3) is 0 Å². The zero-order valence-electron chi connectivity index (χ0n) is 12.4. The largest absolute Gasteiger partial charge is 0.459 e. The minimum Gasteiger partial charge on any atom is -0.227 e. The topological polar surface area (TPSA) is 30.2 Å². The highest BCUT2D eigenvalue weighted by atomic mass is 79.9.